The van der Waals surface area contributed by atoms with Crippen LogP contribution >= 0.6 is 35.0 Å². The van der Waals surface area contributed by atoms with E-state index in [1.807, 2.05) is 0 Å². The molecule has 0 saturated carbocycles. The molecule has 0 amide bonds. The normalized spacial score (nSPS) is 10.4. The molecule has 1 aromatic carbocycles. The fourth-order valence-electron chi connectivity index (χ4n) is 1.41. The van der Waals surface area contributed by atoms with E-state index in [9.17, 15) is 9.59 Å². The standard InChI is InChI=1S/C13H11Cl2N3O4S/c1-21-12(20)6-23-13-16-7-18(17-13)11(19)5-22-10-3-2-8(14)4-9(10)15/h2-4,7H,5-6H2,1H3. The molecule has 0 atom stereocenters. The lowest BCUT2D eigenvalue weighted by Crippen LogP contribution is -2.20. The van der Waals surface area contributed by atoms with Crippen LogP contribution in [-0.4, -0.2) is 46.1 Å². The van der Waals surface area contributed by atoms with Crippen LogP contribution in [0.4, 0.5) is 0 Å². The number of esters is 1. The minimum absolute atomic E-state index is 0.0611. The van der Waals surface area contributed by atoms with Gasteiger partial charge < -0.3 is 9.47 Å². The van der Waals surface area contributed by atoms with Crippen molar-refractivity contribution >= 4 is 46.8 Å². The summed E-state index contributed by atoms with van der Waals surface area (Å²) in [7, 11) is 1.29. The van der Waals surface area contributed by atoms with Crippen LogP contribution in [-0.2, 0) is 9.53 Å². The van der Waals surface area contributed by atoms with Crippen LogP contribution in [0, 0.1) is 0 Å². The molecule has 0 saturated heterocycles. The van der Waals surface area contributed by atoms with E-state index in [1.165, 1.54) is 19.5 Å². The van der Waals surface area contributed by atoms with Crippen molar-refractivity contribution in [1.29, 1.82) is 0 Å². The van der Waals surface area contributed by atoms with Crippen LogP contribution in [0.1, 0.15) is 4.79 Å². The smallest absolute Gasteiger partial charge is 0.316 e. The molecule has 0 N–H and O–H groups in total. The number of benzene rings is 1. The Hall–Kier alpha value is -1.77. The molecule has 23 heavy (non-hydrogen) atoms. The van der Waals surface area contributed by atoms with Gasteiger partial charge in [-0.1, -0.05) is 35.0 Å². The highest BCUT2D eigenvalue weighted by atomic mass is 35.5. The van der Waals surface area contributed by atoms with E-state index in [4.69, 9.17) is 27.9 Å². The Balaban J connectivity index is 1.91. The van der Waals surface area contributed by atoms with Crippen molar-refractivity contribution in [3.05, 3.63) is 34.6 Å². The van der Waals surface area contributed by atoms with E-state index >= 15 is 0 Å². The summed E-state index contributed by atoms with van der Waals surface area (Å²) in [6.45, 7) is -0.272. The minimum atomic E-state index is -0.437. The number of carbonyl (C=O) groups excluding carboxylic acids is 2. The van der Waals surface area contributed by atoms with Gasteiger partial charge in [0.25, 0.3) is 5.91 Å². The topological polar surface area (TPSA) is 83.3 Å². The Morgan fingerprint density at radius 3 is 2.83 bits per heavy atom. The van der Waals surface area contributed by atoms with E-state index in [1.54, 1.807) is 12.1 Å². The lowest BCUT2D eigenvalue weighted by atomic mass is 10.3. The number of hydrogen-bond donors (Lipinski definition) is 0. The molecule has 1 aromatic heterocycles. The third kappa shape index (κ3) is 5.12. The van der Waals surface area contributed by atoms with E-state index in [2.05, 4.69) is 14.8 Å². The second kappa shape index (κ2) is 8.19. The van der Waals surface area contributed by atoms with Gasteiger partial charge >= 0.3 is 5.97 Å². The number of halogens is 2. The maximum atomic E-state index is 12.0. The molecule has 2 rings (SSSR count). The lowest BCUT2D eigenvalue weighted by Gasteiger charge is -2.07. The van der Waals surface area contributed by atoms with Crippen molar-refractivity contribution in [2.75, 3.05) is 19.5 Å². The first-order chi connectivity index (χ1) is 11.0. The number of rotatable bonds is 6. The van der Waals surface area contributed by atoms with Gasteiger partial charge in [0.2, 0.25) is 5.16 Å². The third-order valence-electron chi connectivity index (χ3n) is 2.52. The van der Waals surface area contributed by atoms with Crippen LogP contribution in [0.15, 0.2) is 29.7 Å². The second-order valence-corrected chi connectivity index (χ2v) is 5.88. The summed E-state index contributed by atoms with van der Waals surface area (Å²) in [5.74, 6) is -0.442. The van der Waals surface area contributed by atoms with E-state index in [-0.39, 0.29) is 17.5 Å². The average molecular weight is 376 g/mol. The molecule has 1 heterocycles. The minimum Gasteiger partial charge on any atom is -0.482 e. The SMILES string of the molecule is COC(=O)CSc1ncn(C(=O)COc2ccc(Cl)cc2Cl)n1. The summed E-state index contributed by atoms with van der Waals surface area (Å²) < 4.78 is 10.9. The van der Waals surface area contributed by atoms with Gasteiger partial charge in [0.15, 0.2) is 6.61 Å². The lowest BCUT2D eigenvalue weighted by molar-refractivity contribution is -0.137. The number of aromatic nitrogens is 3. The zero-order valence-electron chi connectivity index (χ0n) is 11.9. The van der Waals surface area contributed by atoms with Gasteiger partial charge in [-0.2, -0.15) is 4.68 Å². The molecular weight excluding hydrogens is 365 g/mol. The zero-order chi connectivity index (χ0) is 16.8. The number of ether oxygens (including phenoxy) is 2. The Bertz CT molecular complexity index is 723. The number of carbonyl (C=O) groups is 2. The summed E-state index contributed by atoms with van der Waals surface area (Å²) >= 11 is 12.8. The van der Waals surface area contributed by atoms with E-state index in [0.717, 1.165) is 16.4 Å². The highest BCUT2D eigenvalue weighted by molar-refractivity contribution is 7.99. The van der Waals surface area contributed by atoms with Gasteiger partial charge in [0, 0.05) is 5.02 Å². The number of methoxy groups -OCH3 is 1. The molecule has 0 fully saturated rings. The Kier molecular flexibility index (Phi) is 6.26. The van der Waals surface area contributed by atoms with Gasteiger partial charge in [-0.25, -0.2) is 4.98 Å². The highest BCUT2D eigenvalue weighted by Crippen LogP contribution is 2.27. The van der Waals surface area contributed by atoms with Crippen molar-refractivity contribution in [1.82, 2.24) is 14.8 Å². The highest BCUT2D eigenvalue weighted by Gasteiger charge is 2.12. The Labute approximate surface area is 145 Å². The molecule has 7 nitrogen and oxygen atoms in total. The first kappa shape index (κ1) is 17.6. The molecule has 10 heteroatoms. The monoisotopic (exact) mass is 375 g/mol. The summed E-state index contributed by atoms with van der Waals surface area (Å²) in [5.41, 5.74) is 0. The van der Waals surface area contributed by atoms with Gasteiger partial charge in [-0.3, -0.25) is 9.59 Å². The van der Waals surface area contributed by atoms with E-state index in [0.29, 0.717) is 15.8 Å². The molecule has 0 unspecified atom stereocenters. The van der Waals surface area contributed by atoms with Crippen LogP contribution in [0.25, 0.3) is 0 Å². The van der Waals surface area contributed by atoms with Gasteiger partial charge in [-0.15, -0.1) is 5.10 Å². The average Bonchev–Trinajstić information content (AvgIpc) is 3.00. The summed E-state index contributed by atoms with van der Waals surface area (Å²) in [5, 5.41) is 5.00. The summed E-state index contributed by atoms with van der Waals surface area (Å²) in [4.78, 5) is 26.9. The third-order valence-corrected chi connectivity index (χ3v) is 3.87. The van der Waals surface area contributed by atoms with Gasteiger partial charge in [-0.05, 0) is 18.2 Å². The fraction of sp³-hybridized carbons (Fsp3) is 0.231. The predicted octanol–water partition coefficient (Wildman–Crippen LogP) is 2.57. The van der Waals surface area contributed by atoms with Crippen LogP contribution in [0.2, 0.25) is 10.0 Å². The molecule has 0 aliphatic carbocycles. The predicted molar refractivity (Wildman–Crippen MR) is 85.3 cm³/mol. The van der Waals surface area contributed by atoms with Crippen molar-refractivity contribution in [2.45, 2.75) is 5.16 Å². The van der Waals surface area contributed by atoms with Crippen molar-refractivity contribution < 1.29 is 19.1 Å². The Morgan fingerprint density at radius 2 is 2.13 bits per heavy atom. The molecule has 0 aliphatic heterocycles. The molecule has 0 spiro atoms. The largest absolute Gasteiger partial charge is 0.482 e. The molecule has 0 bridgehead atoms. The number of hydrogen-bond acceptors (Lipinski definition) is 7. The molecule has 0 radical (unpaired) electrons. The van der Waals surface area contributed by atoms with Crippen molar-refractivity contribution in [2.24, 2.45) is 0 Å². The summed E-state index contributed by atoms with van der Waals surface area (Å²) in [6.07, 6.45) is 1.24. The summed E-state index contributed by atoms with van der Waals surface area (Å²) in [6, 6.07) is 4.68. The van der Waals surface area contributed by atoms with Gasteiger partial charge in [0.1, 0.15) is 12.1 Å². The molecule has 0 aliphatic rings. The maximum absolute atomic E-state index is 12.0. The first-order valence-electron chi connectivity index (χ1n) is 6.22. The number of nitrogens with zero attached hydrogens (tertiary/aromatic N) is 3. The van der Waals surface area contributed by atoms with Crippen LogP contribution < -0.4 is 4.74 Å². The van der Waals surface area contributed by atoms with Crippen molar-refractivity contribution in [3.8, 4) is 5.75 Å². The fourth-order valence-corrected chi connectivity index (χ4v) is 2.51. The van der Waals surface area contributed by atoms with E-state index < -0.39 is 11.9 Å². The first-order valence-corrected chi connectivity index (χ1v) is 7.96. The van der Waals surface area contributed by atoms with Crippen molar-refractivity contribution in [3.63, 3.8) is 0 Å². The van der Waals surface area contributed by atoms with Gasteiger partial charge in [0.05, 0.1) is 17.9 Å². The zero-order valence-corrected chi connectivity index (χ0v) is 14.2. The maximum Gasteiger partial charge on any atom is 0.316 e. The number of thioether (sulfide) groups is 1. The Morgan fingerprint density at radius 1 is 1.35 bits per heavy atom. The molecule has 122 valence electrons. The van der Waals surface area contributed by atoms with Crippen LogP contribution in [0.5, 0.6) is 5.75 Å². The second-order valence-electron chi connectivity index (χ2n) is 4.09. The molecular formula is C13H11Cl2N3O4S. The quantitative estimate of drug-likeness (QED) is 0.566. The molecule has 2 aromatic rings. The van der Waals surface area contributed by atoms with Crippen LogP contribution in [0.3, 0.4) is 0 Å².